The average Bonchev–Trinajstić information content (AvgIpc) is 3.13. The lowest BCUT2D eigenvalue weighted by Gasteiger charge is -2.13. The molecule has 1 N–H and O–H groups in total. The quantitative estimate of drug-likeness (QED) is 0.544. The number of benzene rings is 2. The number of carbonyl (C=O) groups is 1. The van der Waals surface area contributed by atoms with Crippen molar-refractivity contribution in [2.75, 3.05) is 19.5 Å². The van der Waals surface area contributed by atoms with Crippen LogP contribution < -0.4 is 14.8 Å². The van der Waals surface area contributed by atoms with Crippen LogP contribution in [0.25, 0.3) is 22.4 Å². The van der Waals surface area contributed by atoms with Gasteiger partial charge in [-0.1, -0.05) is 12.1 Å². The van der Waals surface area contributed by atoms with Crippen molar-refractivity contribution in [1.29, 1.82) is 0 Å². The van der Waals surface area contributed by atoms with Crippen molar-refractivity contribution >= 4 is 22.6 Å². The number of hydrogen-bond donors (Lipinski definition) is 1. The minimum atomic E-state index is -0.188. The zero-order valence-electron chi connectivity index (χ0n) is 16.1. The zero-order valence-corrected chi connectivity index (χ0v) is 16.1. The van der Waals surface area contributed by atoms with E-state index in [-0.39, 0.29) is 12.5 Å². The number of rotatable bonds is 6. The SMILES string of the molecule is COc1ccc(NC(=O)Cn2c(-c3ccncc3)nc3ccccc32)c(OC)c1. The van der Waals surface area contributed by atoms with Gasteiger partial charge in [-0.15, -0.1) is 0 Å². The largest absolute Gasteiger partial charge is 0.497 e. The Hall–Kier alpha value is -3.87. The van der Waals surface area contributed by atoms with Crippen molar-refractivity contribution in [1.82, 2.24) is 14.5 Å². The van der Waals surface area contributed by atoms with Gasteiger partial charge in [0.15, 0.2) is 0 Å². The number of fused-ring (bicyclic) bond motifs is 1. The molecule has 1 amide bonds. The summed E-state index contributed by atoms with van der Waals surface area (Å²) in [6, 6.07) is 16.8. The molecule has 2 aromatic carbocycles. The first-order chi connectivity index (χ1) is 14.2. The summed E-state index contributed by atoms with van der Waals surface area (Å²) < 4.78 is 12.5. The number of pyridine rings is 1. The number of carbonyl (C=O) groups excluding carboxylic acids is 1. The summed E-state index contributed by atoms with van der Waals surface area (Å²) in [5.74, 6) is 1.71. The number of ether oxygens (including phenoxy) is 2. The van der Waals surface area contributed by atoms with Crippen molar-refractivity contribution < 1.29 is 14.3 Å². The summed E-state index contributed by atoms with van der Waals surface area (Å²) >= 11 is 0. The van der Waals surface area contributed by atoms with E-state index in [1.807, 2.05) is 41.0 Å². The van der Waals surface area contributed by atoms with Gasteiger partial charge in [0.25, 0.3) is 0 Å². The molecule has 4 rings (SSSR count). The first-order valence-corrected chi connectivity index (χ1v) is 9.07. The van der Waals surface area contributed by atoms with Crippen LogP contribution in [-0.4, -0.2) is 34.7 Å². The van der Waals surface area contributed by atoms with Crippen LogP contribution in [0.3, 0.4) is 0 Å². The highest BCUT2D eigenvalue weighted by Gasteiger charge is 2.16. The number of anilines is 1. The molecule has 0 atom stereocenters. The Morgan fingerprint density at radius 3 is 2.59 bits per heavy atom. The fourth-order valence-corrected chi connectivity index (χ4v) is 3.19. The molecule has 0 aliphatic carbocycles. The Bertz CT molecular complexity index is 1160. The maximum atomic E-state index is 12.9. The lowest BCUT2D eigenvalue weighted by Crippen LogP contribution is -2.19. The van der Waals surface area contributed by atoms with Crippen LogP contribution in [0.1, 0.15) is 0 Å². The Labute approximate surface area is 167 Å². The smallest absolute Gasteiger partial charge is 0.244 e. The van der Waals surface area contributed by atoms with Crippen LogP contribution in [-0.2, 0) is 11.3 Å². The lowest BCUT2D eigenvalue weighted by molar-refractivity contribution is -0.116. The molecule has 0 spiro atoms. The van der Waals surface area contributed by atoms with Crippen molar-refractivity contribution in [3.05, 3.63) is 67.0 Å². The highest BCUT2D eigenvalue weighted by Crippen LogP contribution is 2.29. The maximum absolute atomic E-state index is 12.9. The van der Waals surface area contributed by atoms with Crippen LogP contribution in [0.15, 0.2) is 67.0 Å². The van der Waals surface area contributed by atoms with E-state index in [0.717, 1.165) is 16.6 Å². The van der Waals surface area contributed by atoms with Crippen molar-refractivity contribution in [2.24, 2.45) is 0 Å². The minimum absolute atomic E-state index is 0.105. The Kier molecular flexibility index (Phi) is 5.11. The van der Waals surface area contributed by atoms with Gasteiger partial charge < -0.3 is 19.4 Å². The standard InChI is InChI=1S/C22H20N4O3/c1-28-16-7-8-18(20(13-16)29-2)24-21(27)14-26-19-6-4-3-5-17(19)25-22(26)15-9-11-23-12-10-15/h3-13H,14H2,1-2H3,(H,24,27). The third-order valence-corrected chi connectivity index (χ3v) is 4.58. The summed E-state index contributed by atoms with van der Waals surface area (Å²) in [6.45, 7) is 0.105. The van der Waals surface area contributed by atoms with E-state index in [1.165, 1.54) is 0 Å². The highest BCUT2D eigenvalue weighted by molar-refractivity contribution is 5.94. The van der Waals surface area contributed by atoms with E-state index in [0.29, 0.717) is 23.0 Å². The van der Waals surface area contributed by atoms with Gasteiger partial charge in [-0.2, -0.15) is 0 Å². The van der Waals surface area contributed by atoms with Gasteiger partial charge in [0, 0.05) is 24.0 Å². The molecule has 7 heteroatoms. The molecule has 4 aromatic rings. The second kappa shape index (κ2) is 8.02. The van der Waals surface area contributed by atoms with Gasteiger partial charge in [0.05, 0.1) is 30.9 Å². The summed E-state index contributed by atoms with van der Waals surface area (Å²) in [4.78, 5) is 21.6. The third-order valence-electron chi connectivity index (χ3n) is 4.58. The van der Waals surface area contributed by atoms with Crippen LogP contribution in [0.4, 0.5) is 5.69 Å². The molecule has 0 fully saturated rings. The monoisotopic (exact) mass is 388 g/mol. The zero-order chi connectivity index (χ0) is 20.2. The van der Waals surface area contributed by atoms with Crippen LogP contribution in [0, 0.1) is 0 Å². The van der Waals surface area contributed by atoms with E-state index >= 15 is 0 Å². The first kappa shape index (κ1) is 18.5. The van der Waals surface area contributed by atoms with E-state index in [2.05, 4.69) is 10.3 Å². The molecular weight excluding hydrogens is 368 g/mol. The molecular formula is C22H20N4O3. The molecule has 0 aliphatic rings. The second-order valence-electron chi connectivity index (χ2n) is 6.36. The van der Waals surface area contributed by atoms with Gasteiger partial charge in [0.2, 0.25) is 5.91 Å². The number of methoxy groups -OCH3 is 2. The Morgan fingerprint density at radius 2 is 1.83 bits per heavy atom. The summed E-state index contributed by atoms with van der Waals surface area (Å²) in [5, 5.41) is 2.91. The molecule has 0 unspecified atom stereocenters. The summed E-state index contributed by atoms with van der Waals surface area (Å²) in [6.07, 6.45) is 3.42. The van der Waals surface area contributed by atoms with E-state index in [9.17, 15) is 4.79 Å². The number of hydrogen-bond acceptors (Lipinski definition) is 5. The maximum Gasteiger partial charge on any atom is 0.244 e. The Morgan fingerprint density at radius 1 is 1.03 bits per heavy atom. The van der Waals surface area contributed by atoms with Crippen molar-refractivity contribution in [3.8, 4) is 22.9 Å². The molecule has 29 heavy (non-hydrogen) atoms. The van der Waals surface area contributed by atoms with Crippen LogP contribution in [0.5, 0.6) is 11.5 Å². The number of imidazole rings is 1. The number of nitrogens with one attached hydrogen (secondary N) is 1. The van der Waals surface area contributed by atoms with Gasteiger partial charge in [-0.3, -0.25) is 9.78 Å². The van der Waals surface area contributed by atoms with E-state index in [4.69, 9.17) is 14.5 Å². The van der Waals surface area contributed by atoms with E-state index < -0.39 is 0 Å². The van der Waals surface area contributed by atoms with E-state index in [1.54, 1.807) is 44.8 Å². The summed E-state index contributed by atoms with van der Waals surface area (Å²) in [7, 11) is 3.13. The average molecular weight is 388 g/mol. The molecule has 0 radical (unpaired) electrons. The second-order valence-corrected chi connectivity index (χ2v) is 6.36. The lowest BCUT2D eigenvalue weighted by atomic mass is 10.2. The van der Waals surface area contributed by atoms with Gasteiger partial charge in [0.1, 0.15) is 23.9 Å². The molecule has 0 saturated carbocycles. The topological polar surface area (TPSA) is 78.3 Å². The molecule has 2 aromatic heterocycles. The number of para-hydroxylation sites is 2. The van der Waals surface area contributed by atoms with Gasteiger partial charge in [-0.25, -0.2) is 4.98 Å². The molecule has 146 valence electrons. The number of aromatic nitrogens is 3. The fourth-order valence-electron chi connectivity index (χ4n) is 3.19. The number of nitrogens with zero attached hydrogens (tertiary/aromatic N) is 3. The normalized spacial score (nSPS) is 10.7. The predicted molar refractivity (Wildman–Crippen MR) is 111 cm³/mol. The first-order valence-electron chi connectivity index (χ1n) is 9.07. The third kappa shape index (κ3) is 3.75. The fraction of sp³-hybridized carbons (Fsp3) is 0.136. The van der Waals surface area contributed by atoms with Crippen molar-refractivity contribution in [3.63, 3.8) is 0 Å². The highest BCUT2D eigenvalue weighted by atomic mass is 16.5. The van der Waals surface area contributed by atoms with Gasteiger partial charge in [-0.05, 0) is 36.4 Å². The molecule has 0 aliphatic heterocycles. The molecule has 7 nitrogen and oxygen atoms in total. The van der Waals surface area contributed by atoms with Crippen molar-refractivity contribution in [2.45, 2.75) is 6.54 Å². The van der Waals surface area contributed by atoms with Crippen LogP contribution in [0.2, 0.25) is 0 Å². The molecule has 2 heterocycles. The van der Waals surface area contributed by atoms with Crippen LogP contribution >= 0.6 is 0 Å². The Balaban J connectivity index is 1.67. The van der Waals surface area contributed by atoms with Gasteiger partial charge >= 0.3 is 0 Å². The number of amides is 1. The molecule has 0 bridgehead atoms. The minimum Gasteiger partial charge on any atom is -0.497 e. The predicted octanol–water partition coefficient (Wildman–Crippen LogP) is 3.75. The molecule has 0 saturated heterocycles. The summed E-state index contributed by atoms with van der Waals surface area (Å²) in [5.41, 5.74) is 3.18.